The van der Waals surface area contributed by atoms with Gasteiger partial charge in [0.05, 0.1) is 18.2 Å². The van der Waals surface area contributed by atoms with Crippen LogP contribution in [0.1, 0.15) is 49.4 Å². The highest BCUT2D eigenvalue weighted by molar-refractivity contribution is 7.14. The van der Waals surface area contributed by atoms with Gasteiger partial charge in [0.15, 0.2) is 5.13 Å². The van der Waals surface area contributed by atoms with E-state index in [9.17, 15) is 9.59 Å². The molecule has 9 heteroatoms. The number of nitrogens with zero attached hydrogens (tertiary/aromatic N) is 3. The monoisotopic (exact) mass is 575 g/mol. The number of methoxy groups -OCH3 is 1. The summed E-state index contributed by atoms with van der Waals surface area (Å²) in [6.07, 6.45) is 1.43. The summed E-state index contributed by atoms with van der Waals surface area (Å²) in [6.45, 7) is 10.9. The van der Waals surface area contributed by atoms with Crippen molar-refractivity contribution in [3.05, 3.63) is 64.0 Å². The van der Waals surface area contributed by atoms with Crippen LogP contribution in [-0.4, -0.2) is 54.3 Å². The number of aromatic nitrogens is 1. The van der Waals surface area contributed by atoms with E-state index >= 15 is 0 Å². The second-order valence-corrected chi connectivity index (χ2v) is 13.3. The Morgan fingerprint density at radius 3 is 2.76 bits per heavy atom. The molecule has 8 nitrogen and oxygen atoms in total. The van der Waals surface area contributed by atoms with Gasteiger partial charge >= 0.3 is 12.1 Å². The molecule has 1 amide bonds. The molecule has 1 saturated carbocycles. The first-order valence-corrected chi connectivity index (χ1v) is 15.0. The van der Waals surface area contributed by atoms with Gasteiger partial charge in [-0.15, -0.1) is 11.3 Å². The molecule has 2 fully saturated rings. The standard InChI is InChI=1S/C32H37N3O5S/c1-20-6-9-27(25(12-20)26-18-41-29(33-26)35-16-24-14-32(24,19-35)28(36)38-5)39-17-21-7-8-23-15-34(11-10-22(23)13-21)30(37)40-31(2,3)4/h6-9,12-13,18,24H,10-11,14-17,19H2,1-5H3/t24-,32-/m0/s1. The van der Waals surface area contributed by atoms with Crippen molar-refractivity contribution in [2.45, 2.75) is 59.3 Å². The predicted molar refractivity (Wildman–Crippen MR) is 158 cm³/mol. The minimum atomic E-state index is -0.505. The summed E-state index contributed by atoms with van der Waals surface area (Å²) in [6, 6.07) is 12.5. The van der Waals surface area contributed by atoms with E-state index < -0.39 is 5.60 Å². The number of piperidine rings is 1. The van der Waals surface area contributed by atoms with Crippen LogP contribution in [-0.2, 0) is 33.8 Å². The third-order valence-corrected chi connectivity index (χ3v) is 9.14. The molecule has 2 aliphatic heterocycles. The van der Waals surface area contributed by atoms with Crippen LogP contribution in [0.5, 0.6) is 5.75 Å². The number of esters is 1. The number of thiazole rings is 1. The van der Waals surface area contributed by atoms with E-state index in [1.165, 1.54) is 12.7 Å². The molecule has 2 atom stereocenters. The lowest BCUT2D eigenvalue weighted by Gasteiger charge is -2.31. The Morgan fingerprint density at radius 2 is 1.98 bits per heavy atom. The average molecular weight is 576 g/mol. The molecule has 1 aliphatic carbocycles. The molecule has 2 aromatic carbocycles. The van der Waals surface area contributed by atoms with Crippen molar-refractivity contribution < 1.29 is 23.8 Å². The van der Waals surface area contributed by atoms with Gasteiger partial charge in [-0.25, -0.2) is 9.78 Å². The van der Waals surface area contributed by atoms with Crippen molar-refractivity contribution in [3.63, 3.8) is 0 Å². The van der Waals surface area contributed by atoms with Gasteiger partial charge in [-0.05, 0) is 75.3 Å². The SMILES string of the molecule is COC(=O)[C@]12C[C@H]1CN(c1nc(-c3cc(C)ccc3OCc3ccc4c(c3)CCN(C(=O)OC(C)(C)C)C4)cs1)C2. The van der Waals surface area contributed by atoms with E-state index in [4.69, 9.17) is 19.2 Å². The van der Waals surface area contributed by atoms with E-state index in [0.29, 0.717) is 32.2 Å². The summed E-state index contributed by atoms with van der Waals surface area (Å²) < 4.78 is 17.0. The molecule has 216 valence electrons. The quantitative estimate of drug-likeness (QED) is 0.334. The van der Waals surface area contributed by atoms with Gasteiger partial charge in [0.2, 0.25) is 0 Å². The van der Waals surface area contributed by atoms with Gasteiger partial charge in [0, 0.05) is 37.1 Å². The number of hydrogen-bond acceptors (Lipinski definition) is 8. The van der Waals surface area contributed by atoms with E-state index in [-0.39, 0.29) is 17.5 Å². The molecule has 41 heavy (non-hydrogen) atoms. The van der Waals surface area contributed by atoms with E-state index in [2.05, 4.69) is 47.5 Å². The summed E-state index contributed by atoms with van der Waals surface area (Å²) in [4.78, 5) is 33.8. The minimum absolute atomic E-state index is 0.0984. The maximum absolute atomic E-state index is 12.5. The van der Waals surface area contributed by atoms with Crippen molar-refractivity contribution in [3.8, 4) is 17.0 Å². The molecule has 3 aliphatic rings. The third kappa shape index (κ3) is 5.52. The summed E-state index contributed by atoms with van der Waals surface area (Å²) in [7, 11) is 1.47. The zero-order valence-corrected chi connectivity index (χ0v) is 25.2. The lowest BCUT2D eigenvalue weighted by molar-refractivity contribution is -0.146. The molecule has 3 heterocycles. The average Bonchev–Trinajstić information content (AvgIpc) is 3.26. The van der Waals surface area contributed by atoms with Gasteiger partial charge < -0.3 is 24.0 Å². The van der Waals surface area contributed by atoms with Crippen LogP contribution < -0.4 is 9.64 Å². The first-order chi connectivity index (χ1) is 19.5. The van der Waals surface area contributed by atoms with E-state index in [1.807, 2.05) is 26.8 Å². The molecule has 1 saturated heterocycles. The van der Waals surface area contributed by atoms with Gasteiger partial charge in [-0.3, -0.25) is 4.79 Å². The van der Waals surface area contributed by atoms with Crippen LogP contribution in [0.2, 0.25) is 0 Å². The molecular weight excluding hydrogens is 538 g/mol. The molecule has 0 radical (unpaired) electrons. The van der Waals surface area contributed by atoms with Gasteiger partial charge in [-0.1, -0.05) is 29.8 Å². The van der Waals surface area contributed by atoms with Crippen molar-refractivity contribution >= 4 is 28.5 Å². The number of carbonyl (C=O) groups is 2. The fourth-order valence-corrected chi connectivity index (χ4v) is 6.83. The maximum Gasteiger partial charge on any atom is 0.410 e. The number of benzene rings is 2. The summed E-state index contributed by atoms with van der Waals surface area (Å²) in [5.74, 6) is 1.05. The number of rotatable bonds is 6. The zero-order chi connectivity index (χ0) is 28.9. The van der Waals surface area contributed by atoms with Crippen molar-refractivity contribution in [1.29, 1.82) is 0 Å². The fourth-order valence-electron chi connectivity index (χ4n) is 5.99. The number of ether oxygens (including phenoxy) is 3. The largest absolute Gasteiger partial charge is 0.488 e. The fraction of sp³-hybridized carbons (Fsp3) is 0.469. The summed E-state index contributed by atoms with van der Waals surface area (Å²) >= 11 is 1.60. The third-order valence-electron chi connectivity index (χ3n) is 8.24. The van der Waals surface area contributed by atoms with Gasteiger partial charge in [0.1, 0.15) is 18.0 Å². The summed E-state index contributed by atoms with van der Waals surface area (Å²) in [5, 5.41) is 3.00. The van der Waals surface area contributed by atoms with Crippen LogP contribution >= 0.6 is 11.3 Å². The first-order valence-electron chi connectivity index (χ1n) is 14.2. The van der Waals surface area contributed by atoms with Crippen LogP contribution in [0.15, 0.2) is 41.8 Å². The highest BCUT2D eigenvalue weighted by Gasteiger charge is 2.66. The second kappa shape index (κ2) is 10.4. The molecule has 1 aromatic heterocycles. The molecule has 0 bridgehead atoms. The Morgan fingerprint density at radius 1 is 1.15 bits per heavy atom. The molecule has 3 aromatic rings. The smallest absolute Gasteiger partial charge is 0.410 e. The van der Waals surface area contributed by atoms with E-state index in [1.54, 1.807) is 16.2 Å². The normalized spacial score (nSPS) is 21.2. The Kier molecular flexibility index (Phi) is 6.96. The maximum atomic E-state index is 12.5. The number of hydrogen-bond donors (Lipinski definition) is 0. The number of aryl methyl sites for hydroxylation is 1. The highest BCUT2D eigenvalue weighted by atomic mass is 32.1. The van der Waals surface area contributed by atoms with Crippen LogP contribution in [0, 0.1) is 18.3 Å². The van der Waals surface area contributed by atoms with Gasteiger partial charge in [-0.2, -0.15) is 0 Å². The van der Waals surface area contributed by atoms with Crippen LogP contribution in [0.4, 0.5) is 9.93 Å². The van der Waals surface area contributed by atoms with Gasteiger partial charge in [0.25, 0.3) is 0 Å². The molecule has 6 rings (SSSR count). The number of fused-ring (bicyclic) bond motifs is 2. The predicted octanol–water partition coefficient (Wildman–Crippen LogP) is 5.99. The first kappa shape index (κ1) is 27.6. The molecule has 0 unspecified atom stereocenters. The molecule has 0 N–H and O–H groups in total. The Balaban J connectivity index is 1.13. The molecule has 0 spiro atoms. The highest BCUT2D eigenvalue weighted by Crippen LogP contribution is 2.59. The van der Waals surface area contributed by atoms with Crippen LogP contribution in [0.25, 0.3) is 11.3 Å². The van der Waals surface area contributed by atoms with Crippen molar-refractivity contribution in [2.75, 3.05) is 31.6 Å². The van der Waals surface area contributed by atoms with Crippen molar-refractivity contribution in [2.24, 2.45) is 11.3 Å². The second-order valence-electron chi connectivity index (χ2n) is 12.5. The Bertz CT molecular complexity index is 1490. The number of carbonyl (C=O) groups excluding carboxylic acids is 2. The number of amides is 1. The lowest BCUT2D eigenvalue weighted by atomic mass is 9.97. The van der Waals surface area contributed by atoms with Crippen molar-refractivity contribution in [1.82, 2.24) is 9.88 Å². The topological polar surface area (TPSA) is 81.2 Å². The van der Waals surface area contributed by atoms with E-state index in [0.717, 1.165) is 58.2 Å². The van der Waals surface area contributed by atoms with Crippen LogP contribution in [0.3, 0.4) is 0 Å². The zero-order valence-electron chi connectivity index (χ0n) is 24.4. The Labute approximate surface area is 245 Å². The molecular formula is C32H37N3O5S. The number of anilines is 1. The Hall–Kier alpha value is -3.59. The summed E-state index contributed by atoms with van der Waals surface area (Å²) in [5.41, 5.74) is 5.60. The minimum Gasteiger partial charge on any atom is -0.488 e. The lowest BCUT2D eigenvalue weighted by Crippen LogP contribution is -2.39.